The summed E-state index contributed by atoms with van der Waals surface area (Å²) in [6, 6.07) is 5.71. The predicted octanol–water partition coefficient (Wildman–Crippen LogP) is 2.50. The molecule has 0 spiro atoms. The summed E-state index contributed by atoms with van der Waals surface area (Å²) >= 11 is 0. The normalized spacial score (nSPS) is 29.9. The van der Waals surface area contributed by atoms with Gasteiger partial charge < -0.3 is 19.9 Å². The molecular weight excluding hydrogens is 322 g/mol. The van der Waals surface area contributed by atoms with E-state index in [1.165, 1.54) is 0 Å². The topological polar surface area (TPSA) is 84.9 Å². The number of hydrogen-bond donors (Lipinski definition) is 2. The standard InChI is InChI=1S/C19H23NO5/c21-16(18-4-6-19(12-18,7-5-18)17(22)23)20-11-13-2-3-14-15(10-13)25-9-1-8-24-14/h2-3,10H,1,4-9,11-12H2,(H,20,21)(H,22,23). The number of ether oxygens (including phenoxy) is 2. The molecule has 0 atom stereocenters. The van der Waals surface area contributed by atoms with Crippen molar-refractivity contribution in [2.24, 2.45) is 10.8 Å². The molecule has 2 bridgehead atoms. The highest BCUT2D eigenvalue weighted by Crippen LogP contribution is 2.61. The molecule has 0 unspecified atom stereocenters. The molecule has 2 saturated carbocycles. The summed E-state index contributed by atoms with van der Waals surface area (Å²) in [5, 5.41) is 12.5. The molecule has 1 aromatic carbocycles. The van der Waals surface area contributed by atoms with Gasteiger partial charge in [-0.3, -0.25) is 9.59 Å². The molecule has 1 amide bonds. The lowest BCUT2D eigenvalue weighted by molar-refractivity contribution is -0.148. The predicted molar refractivity (Wildman–Crippen MR) is 89.5 cm³/mol. The number of nitrogens with one attached hydrogen (secondary N) is 1. The van der Waals surface area contributed by atoms with Crippen LogP contribution < -0.4 is 14.8 Å². The Balaban J connectivity index is 1.41. The number of benzene rings is 1. The van der Waals surface area contributed by atoms with E-state index in [0.717, 1.165) is 17.7 Å². The van der Waals surface area contributed by atoms with Crippen molar-refractivity contribution < 1.29 is 24.2 Å². The molecule has 0 saturated heterocycles. The molecule has 2 aliphatic carbocycles. The highest BCUT2D eigenvalue weighted by atomic mass is 16.5. The molecule has 2 fully saturated rings. The smallest absolute Gasteiger partial charge is 0.309 e. The van der Waals surface area contributed by atoms with Gasteiger partial charge in [-0.05, 0) is 49.8 Å². The first-order chi connectivity index (χ1) is 12.0. The average Bonchev–Trinajstić information content (AvgIpc) is 3.11. The second-order valence-electron chi connectivity index (χ2n) is 7.56. The first-order valence-corrected chi connectivity index (χ1v) is 8.93. The number of carbonyl (C=O) groups is 2. The molecule has 1 aliphatic heterocycles. The van der Waals surface area contributed by atoms with Gasteiger partial charge in [0.2, 0.25) is 5.91 Å². The molecule has 6 nitrogen and oxygen atoms in total. The second-order valence-corrected chi connectivity index (χ2v) is 7.56. The van der Waals surface area contributed by atoms with Gasteiger partial charge in [-0.15, -0.1) is 0 Å². The summed E-state index contributed by atoms with van der Waals surface area (Å²) in [4.78, 5) is 24.3. The maximum atomic E-state index is 12.7. The van der Waals surface area contributed by atoms with Gasteiger partial charge in [-0.25, -0.2) is 0 Å². The quantitative estimate of drug-likeness (QED) is 0.876. The van der Waals surface area contributed by atoms with Crippen molar-refractivity contribution in [2.75, 3.05) is 13.2 Å². The van der Waals surface area contributed by atoms with Gasteiger partial charge >= 0.3 is 5.97 Å². The largest absolute Gasteiger partial charge is 0.490 e. The van der Waals surface area contributed by atoms with Gasteiger partial charge in [0, 0.05) is 13.0 Å². The molecule has 1 aromatic rings. The number of amides is 1. The Morgan fingerprint density at radius 1 is 1.04 bits per heavy atom. The summed E-state index contributed by atoms with van der Waals surface area (Å²) < 4.78 is 11.3. The minimum atomic E-state index is -0.748. The van der Waals surface area contributed by atoms with Crippen molar-refractivity contribution in [1.29, 1.82) is 0 Å². The van der Waals surface area contributed by atoms with Crippen molar-refractivity contribution in [2.45, 2.75) is 45.1 Å². The minimum Gasteiger partial charge on any atom is -0.490 e. The Labute approximate surface area is 146 Å². The third kappa shape index (κ3) is 2.73. The van der Waals surface area contributed by atoms with Gasteiger partial charge in [0.1, 0.15) is 0 Å². The van der Waals surface area contributed by atoms with Gasteiger partial charge in [-0.1, -0.05) is 6.07 Å². The lowest BCUT2D eigenvalue weighted by Gasteiger charge is -2.25. The lowest BCUT2D eigenvalue weighted by atomic mass is 9.81. The van der Waals surface area contributed by atoms with E-state index in [1.54, 1.807) is 0 Å². The van der Waals surface area contributed by atoms with Gasteiger partial charge in [-0.2, -0.15) is 0 Å². The van der Waals surface area contributed by atoms with Crippen molar-refractivity contribution >= 4 is 11.9 Å². The van der Waals surface area contributed by atoms with Crippen molar-refractivity contribution in [3.05, 3.63) is 23.8 Å². The first kappa shape index (κ1) is 16.2. The fourth-order valence-corrected chi connectivity index (χ4v) is 4.49. The van der Waals surface area contributed by atoms with Crippen molar-refractivity contribution in [3.63, 3.8) is 0 Å². The molecule has 25 heavy (non-hydrogen) atoms. The van der Waals surface area contributed by atoms with E-state index in [1.807, 2.05) is 18.2 Å². The summed E-state index contributed by atoms with van der Waals surface area (Å²) in [6.07, 6.45) is 3.90. The average molecular weight is 345 g/mol. The fourth-order valence-electron chi connectivity index (χ4n) is 4.49. The van der Waals surface area contributed by atoms with E-state index < -0.39 is 16.8 Å². The zero-order valence-electron chi connectivity index (χ0n) is 14.2. The number of rotatable bonds is 4. The minimum absolute atomic E-state index is 0.0137. The molecular formula is C19H23NO5. The number of fused-ring (bicyclic) bond motifs is 3. The molecule has 134 valence electrons. The van der Waals surface area contributed by atoms with Crippen LogP contribution in [0.15, 0.2) is 18.2 Å². The van der Waals surface area contributed by atoms with E-state index in [-0.39, 0.29) is 5.91 Å². The van der Waals surface area contributed by atoms with Crippen LogP contribution in [0.4, 0.5) is 0 Å². The van der Waals surface area contributed by atoms with Gasteiger partial charge in [0.05, 0.1) is 24.0 Å². The van der Waals surface area contributed by atoms with Gasteiger partial charge in [0.15, 0.2) is 11.5 Å². The van der Waals surface area contributed by atoms with Crippen molar-refractivity contribution in [1.82, 2.24) is 5.32 Å². The van der Waals surface area contributed by atoms with Crippen LogP contribution in [0.5, 0.6) is 11.5 Å². The zero-order chi connectivity index (χ0) is 17.5. The molecule has 6 heteroatoms. The Morgan fingerprint density at radius 3 is 2.40 bits per heavy atom. The SMILES string of the molecule is O=C(O)C12CCC(C(=O)NCc3ccc4c(c3)OCCCO4)(CC1)C2. The van der Waals surface area contributed by atoms with E-state index in [0.29, 0.717) is 57.6 Å². The summed E-state index contributed by atoms with van der Waals surface area (Å²) in [6.45, 7) is 1.69. The summed E-state index contributed by atoms with van der Waals surface area (Å²) in [7, 11) is 0. The van der Waals surface area contributed by atoms with Crippen LogP contribution >= 0.6 is 0 Å². The third-order valence-electron chi connectivity index (χ3n) is 6.04. The van der Waals surface area contributed by atoms with Crippen LogP contribution in [-0.2, 0) is 16.1 Å². The molecule has 2 N–H and O–H groups in total. The van der Waals surface area contributed by atoms with Crippen LogP contribution in [0, 0.1) is 10.8 Å². The van der Waals surface area contributed by atoms with E-state index in [9.17, 15) is 14.7 Å². The van der Waals surface area contributed by atoms with E-state index >= 15 is 0 Å². The Hall–Kier alpha value is -2.24. The van der Waals surface area contributed by atoms with Crippen LogP contribution in [-0.4, -0.2) is 30.2 Å². The molecule has 0 radical (unpaired) electrons. The van der Waals surface area contributed by atoms with Crippen LogP contribution in [0.25, 0.3) is 0 Å². The molecule has 0 aromatic heterocycles. The number of carbonyl (C=O) groups excluding carboxylic acids is 1. The Kier molecular flexibility index (Phi) is 3.85. The summed E-state index contributed by atoms with van der Waals surface area (Å²) in [5.41, 5.74) is -0.217. The number of hydrogen-bond acceptors (Lipinski definition) is 4. The first-order valence-electron chi connectivity index (χ1n) is 8.93. The fraction of sp³-hybridized carbons (Fsp3) is 0.579. The highest BCUT2D eigenvalue weighted by Gasteiger charge is 2.61. The Morgan fingerprint density at radius 2 is 1.72 bits per heavy atom. The maximum absolute atomic E-state index is 12.7. The van der Waals surface area contributed by atoms with Gasteiger partial charge in [0.25, 0.3) is 0 Å². The van der Waals surface area contributed by atoms with E-state index in [4.69, 9.17) is 9.47 Å². The van der Waals surface area contributed by atoms with Crippen LogP contribution in [0.2, 0.25) is 0 Å². The maximum Gasteiger partial charge on any atom is 0.309 e. The zero-order valence-corrected chi connectivity index (χ0v) is 14.2. The van der Waals surface area contributed by atoms with Crippen LogP contribution in [0.1, 0.15) is 44.1 Å². The molecule has 1 heterocycles. The molecule has 4 rings (SSSR count). The second kappa shape index (κ2) is 5.93. The number of aliphatic carboxylic acids is 1. The molecule has 3 aliphatic rings. The number of carboxylic acids is 1. The van der Waals surface area contributed by atoms with Crippen LogP contribution in [0.3, 0.4) is 0 Å². The monoisotopic (exact) mass is 345 g/mol. The number of carboxylic acid groups (broad SMARTS) is 1. The lowest BCUT2D eigenvalue weighted by Crippen LogP contribution is -2.37. The third-order valence-corrected chi connectivity index (χ3v) is 6.04. The van der Waals surface area contributed by atoms with Crippen molar-refractivity contribution in [3.8, 4) is 11.5 Å². The highest BCUT2D eigenvalue weighted by molar-refractivity contribution is 5.87. The van der Waals surface area contributed by atoms with E-state index in [2.05, 4.69) is 5.32 Å². The Bertz CT molecular complexity index is 706. The summed E-state index contributed by atoms with van der Waals surface area (Å²) in [5.74, 6) is 0.695.